The quantitative estimate of drug-likeness (QED) is 0.826. The van der Waals surface area contributed by atoms with E-state index in [0.717, 1.165) is 27.5 Å². The van der Waals surface area contributed by atoms with E-state index in [2.05, 4.69) is 16.6 Å². The van der Waals surface area contributed by atoms with Gasteiger partial charge in [0.2, 0.25) is 0 Å². The summed E-state index contributed by atoms with van der Waals surface area (Å²) >= 11 is 7.33. The average molecular weight is 213 g/mol. The summed E-state index contributed by atoms with van der Waals surface area (Å²) in [6.45, 7) is 2.99. The fourth-order valence-electron chi connectivity index (χ4n) is 1.20. The van der Waals surface area contributed by atoms with Crippen LogP contribution in [0.4, 0.5) is 5.00 Å². The van der Waals surface area contributed by atoms with Crippen molar-refractivity contribution in [2.75, 3.05) is 11.9 Å². The van der Waals surface area contributed by atoms with E-state index in [0.29, 0.717) is 0 Å². The highest BCUT2D eigenvalue weighted by atomic mass is 35.5. The molecule has 0 aliphatic rings. The maximum Gasteiger partial charge on any atom is 0.117 e. The standard InChI is InChI=1S/C9H9ClN2S/c1-2-11-9-7-4-3-6(10)5-8(7)12-13-9/h3-5,11H,2H2,1H3. The molecule has 2 nitrogen and oxygen atoms in total. The van der Waals surface area contributed by atoms with E-state index < -0.39 is 0 Å². The van der Waals surface area contributed by atoms with Crippen molar-refractivity contribution in [3.8, 4) is 0 Å². The topological polar surface area (TPSA) is 24.9 Å². The Morgan fingerprint density at radius 2 is 2.38 bits per heavy atom. The maximum atomic E-state index is 5.85. The molecule has 0 unspecified atom stereocenters. The number of hydrogen-bond donors (Lipinski definition) is 1. The third-order valence-corrected chi connectivity index (χ3v) is 2.85. The Kier molecular flexibility index (Phi) is 2.38. The molecule has 1 N–H and O–H groups in total. The fraction of sp³-hybridized carbons (Fsp3) is 0.222. The largest absolute Gasteiger partial charge is 0.375 e. The minimum absolute atomic E-state index is 0.737. The number of nitrogens with zero attached hydrogens (tertiary/aromatic N) is 1. The van der Waals surface area contributed by atoms with Crippen molar-refractivity contribution < 1.29 is 0 Å². The van der Waals surface area contributed by atoms with Crippen molar-refractivity contribution in [2.45, 2.75) is 6.92 Å². The highest BCUT2D eigenvalue weighted by Crippen LogP contribution is 2.29. The number of aromatic nitrogens is 1. The summed E-state index contributed by atoms with van der Waals surface area (Å²) < 4.78 is 4.29. The van der Waals surface area contributed by atoms with Gasteiger partial charge in [-0.05, 0) is 36.7 Å². The van der Waals surface area contributed by atoms with E-state index >= 15 is 0 Å². The van der Waals surface area contributed by atoms with Gasteiger partial charge in [-0.15, -0.1) is 0 Å². The minimum atomic E-state index is 0.737. The monoisotopic (exact) mass is 212 g/mol. The number of anilines is 1. The summed E-state index contributed by atoms with van der Waals surface area (Å²) in [5, 5.41) is 6.27. The number of rotatable bonds is 2. The van der Waals surface area contributed by atoms with Gasteiger partial charge in [-0.3, -0.25) is 0 Å². The van der Waals surface area contributed by atoms with Gasteiger partial charge in [0.05, 0.1) is 5.52 Å². The van der Waals surface area contributed by atoms with E-state index in [9.17, 15) is 0 Å². The highest BCUT2D eigenvalue weighted by Gasteiger charge is 2.04. The van der Waals surface area contributed by atoms with Gasteiger partial charge in [0.15, 0.2) is 0 Å². The second kappa shape index (κ2) is 3.52. The number of fused-ring (bicyclic) bond motifs is 1. The van der Waals surface area contributed by atoms with Gasteiger partial charge in [-0.1, -0.05) is 11.6 Å². The lowest BCUT2D eigenvalue weighted by atomic mass is 10.2. The molecule has 1 aromatic carbocycles. The Balaban J connectivity index is 2.55. The van der Waals surface area contributed by atoms with E-state index in [-0.39, 0.29) is 0 Å². The first-order valence-corrected chi connectivity index (χ1v) is 5.25. The van der Waals surface area contributed by atoms with Crippen LogP contribution in [-0.4, -0.2) is 10.9 Å². The van der Waals surface area contributed by atoms with Gasteiger partial charge >= 0.3 is 0 Å². The van der Waals surface area contributed by atoms with Crippen molar-refractivity contribution in [3.05, 3.63) is 23.2 Å². The molecule has 0 saturated heterocycles. The molecule has 0 aliphatic carbocycles. The van der Waals surface area contributed by atoms with Crippen molar-refractivity contribution in [2.24, 2.45) is 0 Å². The van der Waals surface area contributed by atoms with Crippen LogP contribution in [-0.2, 0) is 0 Å². The Hall–Kier alpha value is -0.800. The van der Waals surface area contributed by atoms with Crippen LogP contribution in [0.15, 0.2) is 18.2 Å². The van der Waals surface area contributed by atoms with E-state index in [1.807, 2.05) is 18.2 Å². The van der Waals surface area contributed by atoms with Crippen molar-refractivity contribution >= 4 is 39.0 Å². The van der Waals surface area contributed by atoms with Crippen LogP contribution in [0, 0.1) is 0 Å². The lowest BCUT2D eigenvalue weighted by Crippen LogP contribution is -1.93. The molecule has 0 spiro atoms. The first-order valence-electron chi connectivity index (χ1n) is 4.10. The molecule has 2 rings (SSSR count). The smallest absolute Gasteiger partial charge is 0.117 e. The van der Waals surface area contributed by atoms with Crippen LogP contribution < -0.4 is 5.32 Å². The lowest BCUT2D eigenvalue weighted by Gasteiger charge is -1.97. The number of halogens is 1. The maximum absolute atomic E-state index is 5.85. The summed E-state index contributed by atoms with van der Waals surface area (Å²) in [6, 6.07) is 5.77. The van der Waals surface area contributed by atoms with Crippen LogP contribution in [0.3, 0.4) is 0 Å². The van der Waals surface area contributed by atoms with E-state index in [4.69, 9.17) is 11.6 Å². The first kappa shape index (κ1) is 8.78. The Morgan fingerprint density at radius 3 is 3.15 bits per heavy atom. The summed E-state index contributed by atoms with van der Waals surface area (Å²) in [4.78, 5) is 0. The van der Waals surface area contributed by atoms with E-state index in [1.54, 1.807) is 0 Å². The Bertz CT molecular complexity index is 424. The first-order chi connectivity index (χ1) is 6.31. The van der Waals surface area contributed by atoms with Crippen LogP contribution in [0.1, 0.15) is 6.92 Å². The molecule has 0 fully saturated rings. The molecule has 2 aromatic rings. The van der Waals surface area contributed by atoms with Gasteiger partial charge in [0, 0.05) is 17.0 Å². The van der Waals surface area contributed by atoms with Crippen molar-refractivity contribution in [3.63, 3.8) is 0 Å². The molecule has 13 heavy (non-hydrogen) atoms. The van der Waals surface area contributed by atoms with Crippen molar-refractivity contribution in [1.82, 2.24) is 4.37 Å². The molecular weight excluding hydrogens is 204 g/mol. The summed E-state index contributed by atoms with van der Waals surface area (Å²) in [6.07, 6.45) is 0. The van der Waals surface area contributed by atoms with Gasteiger partial charge in [-0.2, -0.15) is 4.37 Å². The molecule has 0 saturated carbocycles. The summed E-state index contributed by atoms with van der Waals surface area (Å²) in [7, 11) is 0. The van der Waals surface area contributed by atoms with Crippen molar-refractivity contribution in [1.29, 1.82) is 0 Å². The van der Waals surface area contributed by atoms with Gasteiger partial charge in [0.25, 0.3) is 0 Å². The predicted octanol–water partition coefficient (Wildman–Crippen LogP) is 3.38. The molecule has 0 radical (unpaired) electrons. The fourth-order valence-corrected chi connectivity index (χ4v) is 2.19. The van der Waals surface area contributed by atoms with Crippen LogP contribution in [0.2, 0.25) is 5.02 Å². The molecule has 1 aromatic heterocycles. The molecular formula is C9H9ClN2S. The normalized spacial score (nSPS) is 10.6. The minimum Gasteiger partial charge on any atom is -0.375 e. The predicted molar refractivity (Wildman–Crippen MR) is 58.8 cm³/mol. The lowest BCUT2D eigenvalue weighted by molar-refractivity contribution is 1.23. The zero-order valence-electron chi connectivity index (χ0n) is 7.17. The third-order valence-electron chi connectivity index (χ3n) is 1.78. The zero-order chi connectivity index (χ0) is 9.26. The van der Waals surface area contributed by atoms with E-state index in [1.165, 1.54) is 11.5 Å². The average Bonchev–Trinajstić information content (AvgIpc) is 2.49. The van der Waals surface area contributed by atoms with Crippen LogP contribution >= 0.6 is 23.1 Å². The third kappa shape index (κ3) is 1.62. The Labute approximate surface area is 85.7 Å². The Morgan fingerprint density at radius 1 is 1.54 bits per heavy atom. The SMILES string of the molecule is CCNc1snc2cc(Cl)ccc12. The molecule has 0 amide bonds. The van der Waals surface area contributed by atoms with Gasteiger partial charge in [-0.25, -0.2) is 0 Å². The molecule has 1 heterocycles. The molecule has 0 bridgehead atoms. The second-order valence-corrected chi connectivity index (χ2v) is 3.91. The van der Waals surface area contributed by atoms with Gasteiger partial charge in [0.1, 0.15) is 5.00 Å². The van der Waals surface area contributed by atoms with Crippen LogP contribution in [0.25, 0.3) is 10.9 Å². The molecule has 0 aliphatic heterocycles. The molecule has 4 heteroatoms. The molecule has 0 atom stereocenters. The molecule has 68 valence electrons. The van der Waals surface area contributed by atoms with Crippen LogP contribution in [0.5, 0.6) is 0 Å². The van der Waals surface area contributed by atoms with Gasteiger partial charge < -0.3 is 5.32 Å². The number of hydrogen-bond acceptors (Lipinski definition) is 3. The zero-order valence-corrected chi connectivity index (χ0v) is 8.75. The summed E-state index contributed by atoms with van der Waals surface area (Å²) in [5.41, 5.74) is 0.966. The highest BCUT2D eigenvalue weighted by molar-refractivity contribution is 7.11. The summed E-state index contributed by atoms with van der Waals surface area (Å²) in [5.74, 6) is 0. The number of nitrogens with one attached hydrogen (secondary N) is 1. The number of benzene rings is 1. The second-order valence-electron chi connectivity index (χ2n) is 2.70.